The highest BCUT2D eigenvalue weighted by atomic mass is 35.5. The Bertz CT molecular complexity index is 742. The van der Waals surface area contributed by atoms with Crippen molar-refractivity contribution in [1.82, 2.24) is 9.88 Å². The van der Waals surface area contributed by atoms with E-state index in [-0.39, 0.29) is 5.91 Å². The molecule has 0 aliphatic carbocycles. The van der Waals surface area contributed by atoms with Crippen LogP contribution in [0.25, 0.3) is 0 Å². The van der Waals surface area contributed by atoms with Crippen molar-refractivity contribution in [2.75, 3.05) is 43.4 Å². The molecule has 0 spiro atoms. The van der Waals surface area contributed by atoms with Crippen molar-refractivity contribution in [3.05, 3.63) is 52.8 Å². The van der Waals surface area contributed by atoms with Gasteiger partial charge in [0.05, 0.1) is 17.4 Å². The first kappa shape index (κ1) is 16.7. The number of hydrogen-bond acceptors (Lipinski definition) is 4. The Hall–Kier alpha value is -2.11. The van der Waals surface area contributed by atoms with Gasteiger partial charge in [-0.05, 0) is 37.7 Å². The number of carbonyl (C=O) groups excluding carboxylic acids is 1. The number of amides is 1. The summed E-state index contributed by atoms with van der Waals surface area (Å²) in [5.74, 6) is -0.177. The third kappa shape index (κ3) is 3.68. The first-order valence-corrected chi connectivity index (χ1v) is 8.37. The van der Waals surface area contributed by atoms with Gasteiger partial charge in [0.15, 0.2) is 0 Å². The molecule has 1 amide bonds. The number of benzene rings is 1. The second-order valence-electron chi connectivity index (χ2n) is 6.09. The van der Waals surface area contributed by atoms with Crippen LogP contribution in [0.15, 0.2) is 36.7 Å². The molecule has 3 rings (SSSR count). The maximum Gasteiger partial charge on any atom is 0.257 e. The molecule has 1 aromatic heterocycles. The quantitative estimate of drug-likeness (QED) is 0.929. The molecule has 6 heteroatoms. The van der Waals surface area contributed by atoms with Gasteiger partial charge in [-0.15, -0.1) is 0 Å². The Labute approximate surface area is 147 Å². The fraction of sp³-hybridized carbons (Fsp3) is 0.333. The summed E-state index contributed by atoms with van der Waals surface area (Å²) in [5.41, 5.74) is 3.11. The predicted octanol–water partition coefficient (Wildman–Crippen LogP) is 3.05. The van der Waals surface area contributed by atoms with Crippen LogP contribution in [0.3, 0.4) is 0 Å². The molecule has 0 unspecified atom stereocenters. The molecule has 0 bridgehead atoms. The van der Waals surface area contributed by atoms with E-state index in [1.54, 1.807) is 6.20 Å². The average Bonchev–Trinajstić information content (AvgIpc) is 2.60. The van der Waals surface area contributed by atoms with Crippen molar-refractivity contribution in [2.24, 2.45) is 0 Å². The molecule has 0 saturated carbocycles. The minimum Gasteiger partial charge on any atom is -0.368 e. The minimum absolute atomic E-state index is 0.177. The molecular weight excluding hydrogens is 324 g/mol. The highest BCUT2D eigenvalue weighted by Crippen LogP contribution is 2.24. The van der Waals surface area contributed by atoms with Crippen LogP contribution in [0.4, 0.5) is 11.4 Å². The Morgan fingerprint density at radius 1 is 1.21 bits per heavy atom. The predicted molar refractivity (Wildman–Crippen MR) is 98.1 cm³/mol. The largest absolute Gasteiger partial charge is 0.368 e. The zero-order chi connectivity index (χ0) is 17.1. The van der Waals surface area contributed by atoms with Crippen molar-refractivity contribution in [1.29, 1.82) is 0 Å². The molecule has 2 aromatic rings. The molecule has 0 atom stereocenters. The summed E-state index contributed by atoms with van der Waals surface area (Å²) in [6.45, 7) is 5.79. The second-order valence-corrected chi connectivity index (χ2v) is 6.50. The molecule has 1 aliphatic rings. The van der Waals surface area contributed by atoms with E-state index < -0.39 is 0 Å². The van der Waals surface area contributed by atoms with Gasteiger partial charge in [-0.3, -0.25) is 9.78 Å². The van der Waals surface area contributed by atoms with Crippen molar-refractivity contribution >= 4 is 28.9 Å². The van der Waals surface area contributed by atoms with Gasteiger partial charge in [-0.1, -0.05) is 17.7 Å². The van der Waals surface area contributed by atoms with E-state index in [1.807, 2.05) is 37.4 Å². The van der Waals surface area contributed by atoms with Crippen molar-refractivity contribution in [3.63, 3.8) is 0 Å². The van der Waals surface area contributed by atoms with Crippen molar-refractivity contribution < 1.29 is 4.79 Å². The van der Waals surface area contributed by atoms with Crippen LogP contribution >= 0.6 is 11.6 Å². The molecule has 1 N–H and O–H groups in total. The fourth-order valence-corrected chi connectivity index (χ4v) is 2.90. The zero-order valence-electron chi connectivity index (χ0n) is 13.9. The average molecular weight is 345 g/mol. The maximum atomic E-state index is 12.5. The molecule has 5 nitrogen and oxygen atoms in total. The van der Waals surface area contributed by atoms with Gasteiger partial charge in [-0.2, -0.15) is 0 Å². The number of hydrogen-bond donors (Lipinski definition) is 1. The van der Waals surface area contributed by atoms with Crippen LogP contribution in [-0.2, 0) is 0 Å². The van der Waals surface area contributed by atoms with E-state index in [4.69, 9.17) is 11.6 Å². The number of likely N-dealkylation sites (N-methyl/N-ethyl adjacent to an activating group) is 1. The van der Waals surface area contributed by atoms with E-state index in [2.05, 4.69) is 27.1 Å². The molecule has 1 aromatic carbocycles. The van der Waals surface area contributed by atoms with Gasteiger partial charge in [0.25, 0.3) is 5.91 Å². The first-order chi connectivity index (χ1) is 11.5. The van der Waals surface area contributed by atoms with E-state index in [0.29, 0.717) is 10.6 Å². The van der Waals surface area contributed by atoms with Crippen LogP contribution in [0, 0.1) is 6.92 Å². The lowest BCUT2D eigenvalue weighted by Gasteiger charge is -2.33. The Kier molecular flexibility index (Phi) is 5.02. The first-order valence-electron chi connectivity index (χ1n) is 7.99. The van der Waals surface area contributed by atoms with Crippen LogP contribution in [0.2, 0.25) is 5.02 Å². The Morgan fingerprint density at radius 3 is 2.71 bits per heavy atom. The van der Waals surface area contributed by atoms with E-state index >= 15 is 0 Å². The SMILES string of the molecule is Cc1c(Cl)cccc1NC(=O)c1cncc(N2CCN(C)CC2)c1. The molecule has 1 fully saturated rings. The van der Waals surface area contributed by atoms with Crippen LogP contribution in [0.1, 0.15) is 15.9 Å². The number of pyridine rings is 1. The summed E-state index contributed by atoms with van der Waals surface area (Å²) in [7, 11) is 2.12. The molecular formula is C18H21ClN4O. The normalized spacial score (nSPS) is 15.4. The molecule has 0 radical (unpaired) electrons. The van der Waals surface area contributed by atoms with Crippen LogP contribution in [0.5, 0.6) is 0 Å². The summed E-state index contributed by atoms with van der Waals surface area (Å²) in [6, 6.07) is 7.37. The lowest BCUT2D eigenvalue weighted by molar-refractivity contribution is 0.102. The van der Waals surface area contributed by atoms with Crippen LogP contribution < -0.4 is 10.2 Å². The molecule has 24 heavy (non-hydrogen) atoms. The summed E-state index contributed by atoms with van der Waals surface area (Å²) < 4.78 is 0. The number of halogens is 1. The summed E-state index contributed by atoms with van der Waals surface area (Å²) in [6.07, 6.45) is 3.40. The van der Waals surface area contributed by atoms with Crippen molar-refractivity contribution in [2.45, 2.75) is 6.92 Å². The fourth-order valence-electron chi connectivity index (χ4n) is 2.73. The van der Waals surface area contributed by atoms with Gasteiger partial charge < -0.3 is 15.1 Å². The Balaban J connectivity index is 1.76. The van der Waals surface area contributed by atoms with E-state index in [1.165, 1.54) is 0 Å². The third-order valence-corrected chi connectivity index (χ3v) is 4.78. The summed E-state index contributed by atoms with van der Waals surface area (Å²) in [4.78, 5) is 21.3. The van der Waals surface area contributed by atoms with Crippen LogP contribution in [-0.4, -0.2) is 49.0 Å². The van der Waals surface area contributed by atoms with Gasteiger partial charge in [0.1, 0.15) is 0 Å². The highest BCUT2D eigenvalue weighted by molar-refractivity contribution is 6.31. The summed E-state index contributed by atoms with van der Waals surface area (Å²) >= 11 is 6.11. The minimum atomic E-state index is -0.177. The molecule has 1 saturated heterocycles. The number of rotatable bonds is 3. The number of piperazine rings is 1. The van der Waals surface area contributed by atoms with Gasteiger partial charge in [-0.25, -0.2) is 0 Å². The third-order valence-electron chi connectivity index (χ3n) is 4.37. The van der Waals surface area contributed by atoms with Gasteiger partial charge in [0, 0.05) is 43.1 Å². The maximum absolute atomic E-state index is 12.5. The van der Waals surface area contributed by atoms with Gasteiger partial charge >= 0.3 is 0 Å². The second kappa shape index (κ2) is 7.20. The number of nitrogens with zero attached hydrogens (tertiary/aromatic N) is 3. The lowest BCUT2D eigenvalue weighted by Crippen LogP contribution is -2.44. The monoisotopic (exact) mass is 344 g/mol. The topological polar surface area (TPSA) is 48.5 Å². The number of nitrogens with one attached hydrogen (secondary N) is 1. The molecule has 2 heterocycles. The van der Waals surface area contributed by atoms with E-state index in [0.717, 1.165) is 43.1 Å². The molecule has 126 valence electrons. The number of aromatic nitrogens is 1. The Morgan fingerprint density at radius 2 is 1.96 bits per heavy atom. The molecule has 1 aliphatic heterocycles. The highest BCUT2D eigenvalue weighted by Gasteiger charge is 2.16. The standard InChI is InChI=1S/C18H21ClN4O/c1-13-16(19)4-3-5-17(13)21-18(24)14-10-15(12-20-11-14)23-8-6-22(2)7-9-23/h3-5,10-12H,6-9H2,1-2H3,(H,21,24). The van der Waals surface area contributed by atoms with Gasteiger partial charge in [0.2, 0.25) is 0 Å². The lowest BCUT2D eigenvalue weighted by atomic mass is 10.1. The summed E-state index contributed by atoms with van der Waals surface area (Å²) in [5, 5.41) is 3.55. The van der Waals surface area contributed by atoms with Crippen molar-refractivity contribution in [3.8, 4) is 0 Å². The number of carbonyl (C=O) groups is 1. The smallest absolute Gasteiger partial charge is 0.257 e. The zero-order valence-corrected chi connectivity index (χ0v) is 14.7. The number of anilines is 2. The van der Waals surface area contributed by atoms with E-state index in [9.17, 15) is 4.79 Å².